The molecule has 0 bridgehead atoms. The fraction of sp³-hybridized carbons (Fsp3) is 0.980. The number of aliphatic hydroxyl groups is 5. The van der Waals surface area contributed by atoms with Crippen molar-refractivity contribution >= 4 is 5.91 Å². The second kappa shape index (κ2) is 40.3. The van der Waals surface area contributed by atoms with Crippen LogP contribution in [-0.2, 0) is 14.3 Å². The summed E-state index contributed by atoms with van der Waals surface area (Å²) in [7, 11) is 0. The van der Waals surface area contributed by atoms with Crippen molar-refractivity contribution in [1.82, 2.24) is 5.32 Å². The van der Waals surface area contributed by atoms with E-state index in [0.29, 0.717) is 12.8 Å². The largest absolute Gasteiger partial charge is 0.394 e. The van der Waals surface area contributed by atoms with Gasteiger partial charge in [-0.25, -0.2) is 0 Å². The van der Waals surface area contributed by atoms with Crippen molar-refractivity contribution in [3.63, 3.8) is 0 Å². The number of carbonyl (C=O) groups is 1. The summed E-state index contributed by atoms with van der Waals surface area (Å²) in [6.07, 6.45) is 38.2. The quantitative estimate of drug-likeness (QED) is 0.0333. The SMILES string of the molecule is CCCCCCCCCCCCCCCCCCCCCCC(O)C(COC1OC(CO)C(O)C(O)C1O)NC(=O)CCCCCCCCCCCCCCCCC. The Labute approximate surface area is 357 Å². The van der Waals surface area contributed by atoms with E-state index in [1.807, 2.05) is 0 Å². The molecule has 0 spiro atoms. The van der Waals surface area contributed by atoms with Gasteiger partial charge in [-0.1, -0.05) is 232 Å². The van der Waals surface area contributed by atoms with Gasteiger partial charge in [0.1, 0.15) is 24.4 Å². The standard InChI is InChI=1S/C49H97NO8/c1-3-5-7-9-11-13-15-17-19-20-21-22-23-25-26-28-30-32-34-36-38-43(52)42(41-57-49-48(56)47(55)46(54)44(40-51)58-49)50-45(53)39-37-35-33-31-29-27-24-18-16-14-12-10-8-6-4-2/h42-44,46-49,51-52,54-56H,3-41H2,1-2H3,(H,50,53). The molecule has 1 aliphatic rings. The fourth-order valence-electron chi connectivity index (χ4n) is 8.40. The minimum absolute atomic E-state index is 0.131. The van der Waals surface area contributed by atoms with Crippen LogP contribution >= 0.6 is 0 Å². The summed E-state index contributed by atoms with van der Waals surface area (Å²) in [4.78, 5) is 13.0. The molecule has 1 fully saturated rings. The summed E-state index contributed by atoms with van der Waals surface area (Å²) in [6.45, 7) is 3.86. The number of nitrogens with one attached hydrogen (secondary N) is 1. The van der Waals surface area contributed by atoms with Gasteiger partial charge >= 0.3 is 0 Å². The zero-order chi connectivity index (χ0) is 42.3. The average Bonchev–Trinajstić information content (AvgIpc) is 3.22. The fourth-order valence-corrected chi connectivity index (χ4v) is 8.40. The van der Waals surface area contributed by atoms with Crippen LogP contribution in [0.3, 0.4) is 0 Å². The van der Waals surface area contributed by atoms with Gasteiger partial charge in [0.15, 0.2) is 6.29 Å². The maximum absolute atomic E-state index is 13.0. The first-order chi connectivity index (χ1) is 28.3. The molecule has 1 aliphatic heterocycles. The summed E-state index contributed by atoms with van der Waals surface area (Å²) in [5.41, 5.74) is 0. The topological polar surface area (TPSA) is 149 Å². The van der Waals surface area contributed by atoms with Gasteiger partial charge in [-0.2, -0.15) is 0 Å². The van der Waals surface area contributed by atoms with Crippen LogP contribution in [0.5, 0.6) is 0 Å². The summed E-state index contributed by atoms with van der Waals surface area (Å²) in [6, 6.07) is -0.712. The lowest BCUT2D eigenvalue weighted by Crippen LogP contribution is -2.60. The maximum atomic E-state index is 13.0. The first kappa shape index (κ1) is 55.2. The summed E-state index contributed by atoms with van der Waals surface area (Å²) in [5.74, 6) is -0.139. The van der Waals surface area contributed by atoms with Gasteiger partial charge in [-0.15, -0.1) is 0 Å². The van der Waals surface area contributed by atoms with E-state index in [9.17, 15) is 30.3 Å². The lowest BCUT2D eigenvalue weighted by atomic mass is 9.99. The number of ether oxygens (including phenoxy) is 2. The Bertz CT molecular complexity index is 878. The Morgan fingerprint density at radius 3 is 1.22 bits per heavy atom. The van der Waals surface area contributed by atoms with Crippen LogP contribution in [0, 0.1) is 0 Å². The molecule has 1 saturated heterocycles. The van der Waals surface area contributed by atoms with Gasteiger partial charge in [-0.05, 0) is 12.8 Å². The summed E-state index contributed by atoms with van der Waals surface area (Å²) >= 11 is 0. The highest BCUT2D eigenvalue weighted by Crippen LogP contribution is 2.23. The molecule has 9 nitrogen and oxygen atoms in total. The van der Waals surface area contributed by atoms with Crippen molar-refractivity contribution in [3.05, 3.63) is 0 Å². The van der Waals surface area contributed by atoms with Crippen LogP contribution in [0.2, 0.25) is 0 Å². The van der Waals surface area contributed by atoms with Crippen molar-refractivity contribution in [2.75, 3.05) is 13.2 Å². The van der Waals surface area contributed by atoms with Gasteiger partial charge in [0.25, 0.3) is 0 Å². The van der Waals surface area contributed by atoms with Gasteiger partial charge < -0.3 is 40.3 Å². The molecule has 346 valence electrons. The zero-order valence-electron chi connectivity index (χ0n) is 38.1. The molecule has 6 N–H and O–H groups in total. The molecule has 0 radical (unpaired) electrons. The van der Waals surface area contributed by atoms with E-state index in [-0.39, 0.29) is 12.5 Å². The van der Waals surface area contributed by atoms with Crippen LogP contribution in [0.1, 0.15) is 251 Å². The molecule has 0 aromatic carbocycles. The summed E-state index contributed by atoms with van der Waals surface area (Å²) < 4.78 is 11.3. The lowest BCUT2D eigenvalue weighted by molar-refractivity contribution is -0.302. The third kappa shape index (κ3) is 30.3. The molecule has 58 heavy (non-hydrogen) atoms. The van der Waals surface area contributed by atoms with E-state index in [0.717, 1.165) is 38.5 Å². The second-order valence-electron chi connectivity index (χ2n) is 18.0. The number of hydrogen-bond donors (Lipinski definition) is 6. The molecule has 1 rings (SSSR count). The highest BCUT2D eigenvalue weighted by molar-refractivity contribution is 5.76. The van der Waals surface area contributed by atoms with E-state index in [2.05, 4.69) is 19.2 Å². The maximum Gasteiger partial charge on any atom is 0.220 e. The minimum atomic E-state index is -1.55. The van der Waals surface area contributed by atoms with Crippen molar-refractivity contribution in [2.45, 2.75) is 294 Å². The van der Waals surface area contributed by atoms with Gasteiger partial charge in [0, 0.05) is 6.42 Å². The number of aliphatic hydroxyl groups excluding tert-OH is 5. The monoisotopic (exact) mass is 828 g/mol. The van der Waals surface area contributed by atoms with Crippen LogP contribution in [0.4, 0.5) is 0 Å². The predicted octanol–water partition coefficient (Wildman–Crippen LogP) is 11.1. The number of hydrogen-bond acceptors (Lipinski definition) is 8. The highest BCUT2D eigenvalue weighted by Gasteiger charge is 2.44. The number of amides is 1. The van der Waals surface area contributed by atoms with Gasteiger partial charge in [0.05, 0.1) is 25.4 Å². The third-order valence-corrected chi connectivity index (χ3v) is 12.5. The highest BCUT2D eigenvalue weighted by atomic mass is 16.7. The minimum Gasteiger partial charge on any atom is -0.394 e. The summed E-state index contributed by atoms with van der Waals surface area (Å²) in [5, 5.41) is 54.5. The third-order valence-electron chi connectivity index (χ3n) is 12.5. The molecular formula is C49H97NO8. The van der Waals surface area contributed by atoms with Crippen molar-refractivity contribution in [2.24, 2.45) is 0 Å². The molecule has 7 unspecified atom stereocenters. The Kier molecular flexibility index (Phi) is 38.3. The van der Waals surface area contributed by atoms with E-state index >= 15 is 0 Å². The first-order valence-electron chi connectivity index (χ1n) is 25.2. The number of carbonyl (C=O) groups excluding carboxylic acids is 1. The van der Waals surface area contributed by atoms with Crippen LogP contribution < -0.4 is 5.32 Å². The Balaban J connectivity index is 2.26. The number of rotatable bonds is 43. The lowest BCUT2D eigenvalue weighted by Gasteiger charge is -2.40. The van der Waals surface area contributed by atoms with Crippen molar-refractivity contribution in [1.29, 1.82) is 0 Å². The van der Waals surface area contributed by atoms with Crippen molar-refractivity contribution in [3.8, 4) is 0 Å². The van der Waals surface area contributed by atoms with Gasteiger partial charge in [0.2, 0.25) is 5.91 Å². The molecule has 1 amide bonds. The molecule has 1 heterocycles. The van der Waals surface area contributed by atoms with Crippen molar-refractivity contribution < 1.29 is 39.8 Å². The van der Waals surface area contributed by atoms with E-state index in [1.54, 1.807) is 0 Å². The Hall–Kier alpha value is -0.810. The molecule has 0 aromatic rings. The van der Waals surface area contributed by atoms with Gasteiger partial charge in [-0.3, -0.25) is 4.79 Å². The Morgan fingerprint density at radius 1 is 0.517 bits per heavy atom. The first-order valence-corrected chi connectivity index (χ1v) is 25.2. The molecule has 7 atom stereocenters. The average molecular weight is 828 g/mol. The van der Waals surface area contributed by atoms with Crippen LogP contribution in [0.15, 0.2) is 0 Å². The second-order valence-corrected chi connectivity index (χ2v) is 18.0. The number of unbranched alkanes of at least 4 members (excludes halogenated alkanes) is 33. The predicted molar refractivity (Wildman–Crippen MR) is 240 cm³/mol. The molecule has 9 heteroatoms. The van der Waals surface area contributed by atoms with Crippen LogP contribution in [-0.4, -0.2) is 87.5 Å². The molecule has 0 saturated carbocycles. The van der Waals surface area contributed by atoms with E-state index in [1.165, 1.54) is 186 Å². The molecule has 0 aliphatic carbocycles. The van der Waals surface area contributed by atoms with E-state index < -0.39 is 49.5 Å². The molecule has 0 aromatic heterocycles. The normalized spacial score (nSPS) is 20.7. The molecular weight excluding hydrogens is 731 g/mol. The smallest absolute Gasteiger partial charge is 0.220 e. The zero-order valence-corrected chi connectivity index (χ0v) is 38.1. The Morgan fingerprint density at radius 2 is 0.862 bits per heavy atom. The van der Waals surface area contributed by atoms with Crippen LogP contribution in [0.25, 0.3) is 0 Å². The van der Waals surface area contributed by atoms with E-state index in [4.69, 9.17) is 9.47 Å².